The van der Waals surface area contributed by atoms with E-state index in [9.17, 15) is 4.79 Å². The Balaban J connectivity index is -0.000000237. The molecule has 0 aromatic carbocycles. The minimum absolute atomic E-state index is 0.112. The number of rotatable bonds is 7. The van der Waals surface area contributed by atoms with Crippen LogP contribution in [0, 0.1) is 0 Å². The molecule has 4 nitrogen and oxygen atoms in total. The summed E-state index contributed by atoms with van der Waals surface area (Å²) in [4.78, 5) is 9.17. The molecular weight excluding hydrogens is 206 g/mol. The summed E-state index contributed by atoms with van der Waals surface area (Å²) in [6.45, 7) is 6.69. The van der Waals surface area contributed by atoms with Crippen LogP contribution in [0.1, 0.15) is 46.5 Å². The smallest absolute Gasteiger partial charge is 0.119 e. The number of nitrogens with one attached hydrogen (secondary N) is 1. The molecule has 1 atom stereocenters. The molecule has 0 spiro atoms. The van der Waals surface area contributed by atoms with Crippen LogP contribution >= 0.6 is 0 Å². The van der Waals surface area contributed by atoms with E-state index in [1.165, 1.54) is 0 Å². The van der Waals surface area contributed by atoms with Crippen LogP contribution in [0.3, 0.4) is 0 Å². The third-order valence-corrected chi connectivity index (χ3v) is 1.59. The van der Waals surface area contributed by atoms with Crippen molar-refractivity contribution in [3.05, 3.63) is 0 Å². The number of carbonyl (C=O) groups excluding carboxylic acids is 1. The Labute approximate surface area is 100 Å². The maximum atomic E-state index is 9.17. The zero-order valence-electron chi connectivity index (χ0n) is 11.2. The van der Waals surface area contributed by atoms with Crippen molar-refractivity contribution in [1.29, 1.82) is 0 Å². The fraction of sp³-hybridized carbons (Fsp3) is 0.917. The largest absolute Gasteiger partial charge is 0.394 e. The molecule has 0 radical (unpaired) electrons. The van der Waals surface area contributed by atoms with Gasteiger partial charge in [0.1, 0.15) is 6.29 Å². The Morgan fingerprint density at radius 2 is 1.81 bits per heavy atom. The Kier molecular flexibility index (Phi) is 31.4. The van der Waals surface area contributed by atoms with Crippen LogP contribution in [0.5, 0.6) is 0 Å². The topological polar surface area (TPSA) is 69.6 Å². The van der Waals surface area contributed by atoms with Gasteiger partial charge in [0.15, 0.2) is 0 Å². The van der Waals surface area contributed by atoms with E-state index in [0.29, 0.717) is 12.8 Å². The fourth-order valence-corrected chi connectivity index (χ4v) is 0.773. The zero-order chi connectivity index (χ0) is 13.2. The number of hydrogen-bond acceptors (Lipinski definition) is 4. The Morgan fingerprint density at radius 1 is 1.31 bits per heavy atom. The predicted molar refractivity (Wildman–Crippen MR) is 68.6 cm³/mol. The number of carbonyl (C=O) groups is 1. The molecule has 0 saturated heterocycles. The lowest BCUT2D eigenvalue weighted by atomic mass is 10.1. The molecule has 0 rings (SSSR count). The summed E-state index contributed by atoms with van der Waals surface area (Å²) in [6, 6.07) is 0. The van der Waals surface area contributed by atoms with Gasteiger partial charge in [-0.3, -0.25) is 0 Å². The van der Waals surface area contributed by atoms with Crippen LogP contribution in [-0.4, -0.2) is 42.8 Å². The molecule has 0 aromatic heterocycles. The van der Waals surface area contributed by atoms with Gasteiger partial charge in [0.05, 0.1) is 12.7 Å². The second-order valence-electron chi connectivity index (χ2n) is 3.01. The highest BCUT2D eigenvalue weighted by Gasteiger charge is 1.99. The first-order valence-corrected chi connectivity index (χ1v) is 6.10. The van der Waals surface area contributed by atoms with E-state index in [1.807, 2.05) is 27.8 Å². The van der Waals surface area contributed by atoms with Gasteiger partial charge in [-0.05, 0) is 32.9 Å². The van der Waals surface area contributed by atoms with Gasteiger partial charge in [0, 0.05) is 6.42 Å². The average Bonchev–Trinajstić information content (AvgIpc) is 2.37. The number of aliphatic hydroxyl groups is 2. The first-order chi connectivity index (χ1) is 7.72. The molecule has 0 heterocycles. The van der Waals surface area contributed by atoms with Crippen molar-refractivity contribution in [1.82, 2.24) is 5.32 Å². The van der Waals surface area contributed by atoms with Crippen molar-refractivity contribution >= 4 is 6.29 Å². The summed E-state index contributed by atoms with van der Waals surface area (Å²) in [6.07, 6.45) is 3.74. The molecule has 4 heteroatoms. The molecule has 16 heavy (non-hydrogen) atoms. The third-order valence-electron chi connectivity index (χ3n) is 1.59. The number of aldehydes is 1. The summed E-state index contributed by atoms with van der Waals surface area (Å²) in [5, 5.41) is 20.3. The summed E-state index contributed by atoms with van der Waals surface area (Å²) in [7, 11) is 1.91. The van der Waals surface area contributed by atoms with Crippen molar-refractivity contribution in [2.45, 2.75) is 52.6 Å². The van der Waals surface area contributed by atoms with Gasteiger partial charge in [-0.25, -0.2) is 0 Å². The summed E-state index contributed by atoms with van der Waals surface area (Å²) in [5.41, 5.74) is 0. The van der Waals surface area contributed by atoms with E-state index in [4.69, 9.17) is 10.2 Å². The molecule has 3 N–H and O–H groups in total. The minimum atomic E-state index is -0.517. The van der Waals surface area contributed by atoms with Crippen LogP contribution in [0.25, 0.3) is 0 Å². The van der Waals surface area contributed by atoms with Gasteiger partial charge < -0.3 is 20.3 Å². The second-order valence-corrected chi connectivity index (χ2v) is 3.01. The standard InChI is InChI=1S/C7H17NO2.C3H6O.C2H6/c1-8-5-3-2-4-7(10)6-9;1-2-3-4;1-2/h7-10H,2-6H2,1H3;3H,2H2,1H3;1-2H3/t7-;;/m0../s1. The van der Waals surface area contributed by atoms with Crippen LogP contribution in [-0.2, 0) is 4.79 Å². The Bertz CT molecular complexity index is 110. The van der Waals surface area contributed by atoms with Crippen molar-refractivity contribution in [3.8, 4) is 0 Å². The molecule has 0 saturated carbocycles. The lowest BCUT2D eigenvalue weighted by Crippen LogP contribution is -2.13. The highest BCUT2D eigenvalue weighted by Crippen LogP contribution is 1.98. The van der Waals surface area contributed by atoms with Crippen molar-refractivity contribution in [2.24, 2.45) is 0 Å². The molecule has 0 aliphatic rings. The summed E-state index contributed by atoms with van der Waals surface area (Å²) >= 11 is 0. The van der Waals surface area contributed by atoms with Crippen molar-refractivity contribution in [2.75, 3.05) is 20.2 Å². The molecular formula is C12H29NO3. The molecule has 0 bridgehead atoms. The van der Waals surface area contributed by atoms with Crippen LogP contribution < -0.4 is 5.32 Å². The van der Waals surface area contributed by atoms with E-state index < -0.39 is 6.10 Å². The Morgan fingerprint density at radius 3 is 2.12 bits per heavy atom. The quantitative estimate of drug-likeness (QED) is 0.460. The van der Waals surface area contributed by atoms with Gasteiger partial charge in [-0.15, -0.1) is 0 Å². The van der Waals surface area contributed by atoms with Gasteiger partial charge >= 0.3 is 0 Å². The first kappa shape index (κ1) is 20.9. The number of aliphatic hydroxyl groups excluding tert-OH is 2. The van der Waals surface area contributed by atoms with Gasteiger partial charge in [0.25, 0.3) is 0 Å². The number of unbranched alkanes of at least 4 members (excludes halogenated alkanes) is 1. The SMILES string of the molecule is CC.CCC=O.CNCCCC[C@H](O)CO. The summed E-state index contributed by atoms with van der Waals surface area (Å²) < 4.78 is 0. The second kappa shape index (κ2) is 24.0. The van der Waals surface area contributed by atoms with Crippen molar-refractivity contribution < 1.29 is 15.0 Å². The van der Waals surface area contributed by atoms with E-state index in [2.05, 4.69) is 5.32 Å². The van der Waals surface area contributed by atoms with E-state index in [-0.39, 0.29) is 6.61 Å². The minimum Gasteiger partial charge on any atom is -0.394 e. The fourth-order valence-electron chi connectivity index (χ4n) is 0.773. The van der Waals surface area contributed by atoms with Crippen molar-refractivity contribution in [3.63, 3.8) is 0 Å². The lowest BCUT2D eigenvalue weighted by molar-refractivity contribution is -0.107. The monoisotopic (exact) mass is 235 g/mol. The van der Waals surface area contributed by atoms with Crippen LogP contribution in [0.4, 0.5) is 0 Å². The molecule has 100 valence electrons. The van der Waals surface area contributed by atoms with Gasteiger partial charge in [-0.1, -0.05) is 20.8 Å². The molecule has 0 aliphatic carbocycles. The van der Waals surface area contributed by atoms with E-state index in [1.54, 1.807) is 0 Å². The maximum absolute atomic E-state index is 9.17. The zero-order valence-corrected chi connectivity index (χ0v) is 11.2. The maximum Gasteiger partial charge on any atom is 0.119 e. The van der Waals surface area contributed by atoms with Crippen LogP contribution in [0.2, 0.25) is 0 Å². The average molecular weight is 235 g/mol. The third kappa shape index (κ3) is 29.2. The molecule has 0 unspecified atom stereocenters. The van der Waals surface area contributed by atoms with Crippen LogP contribution in [0.15, 0.2) is 0 Å². The van der Waals surface area contributed by atoms with Gasteiger partial charge in [0.2, 0.25) is 0 Å². The molecule has 0 aromatic rings. The lowest BCUT2D eigenvalue weighted by Gasteiger charge is -2.05. The molecule has 0 amide bonds. The normalized spacial score (nSPS) is 10.4. The predicted octanol–water partition coefficient (Wildman–Crippen LogP) is 1.35. The highest BCUT2D eigenvalue weighted by molar-refractivity contribution is 5.48. The van der Waals surface area contributed by atoms with E-state index in [0.717, 1.165) is 25.7 Å². The summed E-state index contributed by atoms with van der Waals surface area (Å²) in [5.74, 6) is 0. The molecule has 0 aliphatic heterocycles. The van der Waals surface area contributed by atoms with E-state index >= 15 is 0 Å². The Hall–Kier alpha value is -0.450. The molecule has 0 fully saturated rings. The number of hydrogen-bond donors (Lipinski definition) is 3. The van der Waals surface area contributed by atoms with Gasteiger partial charge in [-0.2, -0.15) is 0 Å². The first-order valence-electron chi connectivity index (χ1n) is 6.10. The highest BCUT2D eigenvalue weighted by atomic mass is 16.3.